The summed E-state index contributed by atoms with van der Waals surface area (Å²) in [4.78, 5) is 24.9. The van der Waals surface area contributed by atoms with Crippen LogP contribution in [-0.2, 0) is 0 Å². The predicted molar refractivity (Wildman–Crippen MR) is 89.3 cm³/mol. The number of halogens is 3. The zero-order valence-corrected chi connectivity index (χ0v) is 15.3. The second-order valence-corrected chi connectivity index (χ2v) is 6.47. The van der Waals surface area contributed by atoms with Crippen molar-refractivity contribution in [2.45, 2.75) is 58.8 Å². The lowest BCUT2D eigenvalue weighted by Gasteiger charge is -2.22. The number of alkyl halides is 3. The minimum absolute atomic E-state index is 0.0998. The van der Waals surface area contributed by atoms with Crippen molar-refractivity contribution in [3.8, 4) is 0 Å². The van der Waals surface area contributed by atoms with Gasteiger partial charge in [-0.1, -0.05) is 27.2 Å². The molecule has 4 amide bonds. The molecule has 9 heteroatoms. The van der Waals surface area contributed by atoms with Crippen LogP contribution in [0, 0.1) is 5.92 Å². The Balaban J connectivity index is 0.000000251. The zero-order valence-electron chi connectivity index (χ0n) is 15.3. The van der Waals surface area contributed by atoms with Gasteiger partial charge in [-0.05, 0) is 19.3 Å². The van der Waals surface area contributed by atoms with E-state index in [0.717, 1.165) is 24.4 Å². The summed E-state index contributed by atoms with van der Waals surface area (Å²) in [7, 11) is 0. The number of nitrogens with one attached hydrogen (secondary N) is 2. The van der Waals surface area contributed by atoms with Gasteiger partial charge in [0.05, 0.1) is 12.1 Å². The Hall–Kier alpha value is -1.67. The summed E-state index contributed by atoms with van der Waals surface area (Å²) in [6.45, 7) is 8.97. The Bertz CT molecular complexity index is 459. The van der Waals surface area contributed by atoms with Crippen LogP contribution in [0.1, 0.15) is 40.5 Å². The van der Waals surface area contributed by atoms with Gasteiger partial charge in [-0.3, -0.25) is 0 Å². The van der Waals surface area contributed by atoms with Gasteiger partial charge in [-0.25, -0.2) is 9.59 Å². The molecule has 2 aliphatic heterocycles. The Morgan fingerprint density at radius 2 is 1.84 bits per heavy atom. The minimum atomic E-state index is -4.31. The van der Waals surface area contributed by atoms with E-state index in [1.807, 2.05) is 11.8 Å². The van der Waals surface area contributed by atoms with Gasteiger partial charge in [0, 0.05) is 19.6 Å². The van der Waals surface area contributed by atoms with E-state index in [-0.39, 0.29) is 12.1 Å². The fourth-order valence-corrected chi connectivity index (χ4v) is 2.84. The number of carbonyl (C=O) groups is 2. The molecule has 0 aromatic heterocycles. The molecule has 2 N–H and O–H groups in total. The number of hydrogen-bond donors (Lipinski definition) is 2. The van der Waals surface area contributed by atoms with Crippen LogP contribution in [0.5, 0.6) is 0 Å². The molecule has 0 radical (unpaired) electrons. The maximum Gasteiger partial charge on any atom is 0.406 e. The SMILES string of the molecule is CCC(C)C1CN(CC)C(=O)N1.CC[C@H]1CNC(=O)N1CC(F)(F)F. The molecule has 2 rings (SSSR count). The molecule has 2 aliphatic rings. The highest BCUT2D eigenvalue weighted by molar-refractivity contribution is 5.77. The summed E-state index contributed by atoms with van der Waals surface area (Å²) in [6, 6.07) is -0.483. The number of hydrogen-bond acceptors (Lipinski definition) is 2. The Morgan fingerprint density at radius 3 is 2.28 bits per heavy atom. The van der Waals surface area contributed by atoms with Crippen LogP contribution in [0.25, 0.3) is 0 Å². The van der Waals surface area contributed by atoms with Gasteiger partial charge in [-0.15, -0.1) is 0 Å². The zero-order chi connectivity index (χ0) is 19.2. The third-order valence-electron chi connectivity index (χ3n) is 4.74. The van der Waals surface area contributed by atoms with Crippen molar-refractivity contribution in [3.63, 3.8) is 0 Å². The molecule has 2 unspecified atom stereocenters. The maximum absolute atomic E-state index is 12.0. The van der Waals surface area contributed by atoms with Crippen LogP contribution in [-0.4, -0.2) is 66.3 Å². The smallest absolute Gasteiger partial charge is 0.336 e. The molecular weight excluding hydrogens is 337 g/mol. The molecule has 0 saturated carbocycles. The second kappa shape index (κ2) is 9.15. The fourth-order valence-electron chi connectivity index (χ4n) is 2.84. The Morgan fingerprint density at radius 1 is 1.20 bits per heavy atom. The highest BCUT2D eigenvalue weighted by Crippen LogP contribution is 2.21. The van der Waals surface area contributed by atoms with E-state index in [9.17, 15) is 22.8 Å². The molecule has 0 aromatic carbocycles. The molecule has 2 saturated heterocycles. The first-order chi connectivity index (χ1) is 11.6. The van der Waals surface area contributed by atoms with Crippen molar-refractivity contribution in [2.75, 3.05) is 26.2 Å². The summed E-state index contributed by atoms with van der Waals surface area (Å²) in [5, 5.41) is 5.37. The second-order valence-electron chi connectivity index (χ2n) is 6.47. The summed E-state index contributed by atoms with van der Waals surface area (Å²) < 4.78 is 35.9. The van der Waals surface area contributed by atoms with Gasteiger partial charge in [0.1, 0.15) is 6.54 Å². The molecule has 6 nitrogen and oxygen atoms in total. The van der Waals surface area contributed by atoms with Gasteiger partial charge < -0.3 is 20.4 Å². The first-order valence-corrected chi connectivity index (χ1v) is 8.79. The normalized spacial score (nSPS) is 24.6. The van der Waals surface area contributed by atoms with Gasteiger partial charge >= 0.3 is 18.2 Å². The lowest BCUT2D eigenvalue weighted by molar-refractivity contribution is -0.141. The molecule has 2 heterocycles. The molecule has 146 valence electrons. The van der Waals surface area contributed by atoms with Crippen LogP contribution in [0.15, 0.2) is 0 Å². The molecule has 2 fully saturated rings. The van der Waals surface area contributed by atoms with Gasteiger partial charge in [0.2, 0.25) is 0 Å². The van der Waals surface area contributed by atoms with E-state index < -0.39 is 18.8 Å². The Labute approximate surface area is 147 Å². The van der Waals surface area contributed by atoms with Gasteiger partial charge in [0.15, 0.2) is 0 Å². The highest BCUT2D eigenvalue weighted by Gasteiger charge is 2.39. The first-order valence-electron chi connectivity index (χ1n) is 8.79. The summed E-state index contributed by atoms with van der Waals surface area (Å²) in [5.41, 5.74) is 0. The van der Waals surface area contributed by atoms with Crippen molar-refractivity contribution in [1.82, 2.24) is 20.4 Å². The number of amides is 4. The first kappa shape index (κ1) is 21.4. The summed E-state index contributed by atoms with van der Waals surface area (Å²) in [6.07, 6.45) is -2.65. The van der Waals surface area contributed by atoms with Crippen molar-refractivity contribution in [2.24, 2.45) is 5.92 Å². The standard InChI is InChI=1S/C9H18N2O.C7H11F3N2O/c1-4-7(3)8-6-11(5-2)9(12)10-8;1-2-5-3-11-6(13)12(5)4-7(8,9)10/h7-8H,4-6H2,1-3H3,(H,10,12);5H,2-4H2,1H3,(H,11,13)/t;5-/m.0/s1. The molecule has 0 aliphatic carbocycles. The third kappa shape index (κ3) is 6.28. The summed E-state index contributed by atoms with van der Waals surface area (Å²) >= 11 is 0. The third-order valence-corrected chi connectivity index (χ3v) is 4.74. The lowest BCUT2D eigenvalue weighted by Crippen LogP contribution is -2.41. The van der Waals surface area contributed by atoms with Crippen molar-refractivity contribution in [3.05, 3.63) is 0 Å². The number of rotatable bonds is 5. The van der Waals surface area contributed by atoms with E-state index in [1.54, 1.807) is 6.92 Å². The van der Waals surface area contributed by atoms with Crippen LogP contribution in [0.3, 0.4) is 0 Å². The van der Waals surface area contributed by atoms with E-state index in [4.69, 9.17) is 0 Å². The van der Waals surface area contributed by atoms with Gasteiger partial charge in [0.25, 0.3) is 0 Å². The van der Waals surface area contributed by atoms with Crippen LogP contribution in [0.4, 0.5) is 22.8 Å². The van der Waals surface area contributed by atoms with Crippen molar-refractivity contribution in [1.29, 1.82) is 0 Å². The molecular formula is C16H29F3N4O2. The van der Waals surface area contributed by atoms with Crippen LogP contribution >= 0.6 is 0 Å². The summed E-state index contributed by atoms with van der Waals surface area (Å²) in [5.74, 6) is 0.588. The monoisotopic (exact) mass is 366 g/mol. The highest BCUT2D eigenvalue weighted by atomic mass is 19.4. The molecule has 3 atom stereocenters. The average molecular weight is 366 g/mol. The number of likely N-dealkylation sites (N-methyl/N-ethyl adjacent to an activating group) is 1. The lowest BCUT2D eigenvalue weighted by atomic mass is 10.0. The van der Waals surface area contributed by atoms with Crippen LogP contribution < -0.4 is 10.6 Å². The fraction of sp³-hybridized carbons (Fsp3) is 0.875. The largest absolute Gasteiger partial charge is 0.406 e. The number of nitrogens with zero attached hydrogens (tertiary/aromatic N) is 2. The number of carbonyl (C=O) groups excluding carboxylic acids is 2. The molecule has 0 spiro atoms. The van der Waals surface area contributed by atoms with Crippen molar-refractivity contribution < 1.29 is 22.8 Å². The average Bonchev–Trinajstić information content (AvgIpc) is 3.09. The van der Waals surface area contributed by atoms with E-state index >= 15 is 0 Å². The molecule has 25 heavy (non-hydrogen) atoms. The molecule has 0 bridgehead atoms. The van der Waals surface area contributed by atoms with E-state index in [2.05, 4.69) is 24.5 Å². The van der Waals surface area contributed by atoms with Gasteiger partial charge in [-0.2, -0.15) is 13.2 Å². The topological polar surface area (TPSA) is 64.7 Å². The molecule has 0 aromatic rings. The maximum atomic E-state index is 12.0. The Kier molecular flexibility index (Phi) is 7.82. The predicted octanol–water partition coefficient (Wildman–Crippen LogP) is 2.80. The van der Waals surface area contributed by atoms with Crippen LogP contribution in [0.2, 0.25) is 0 Å². The van der Waals surface area contributed by atoms with E-state index in [0.29, 0.717) is 24.9 Å². The van der Waals surface area contributed by atoms with Crippen molar-refractivity contribution >= 4 is 12.1 Å². The minimum Gasteiger partial charge on any atom is -0.336 e. The van der Waals surface area contributed by atoms with E-state index in [1.165, 1.54) is 0 Å². The quantitative estimate of drug-likeness (QED) is 0.786. The number of urea groups is 2.